The number of ether oxygens (including phenoxy) is 2. The van der Waals surface area contributed by atoms with Crippen molar-refractivity contribution in [2.75, 3.05) is 6.61 Å². The van der Waals surface area contributed by atoms with Crippen LogP contribution in [0.25, 0.3) is 11.0 Å². The van der Waals surface area contributed by atoms with E-state index in [1.807, 2.05) is 13.8 Å². The first-order valence-electron chi connectivity index (χ1n) is 8.64. The Morgan fingerprint density at radius 1 is 1.21 bits per heavy atom. The highest BCUT2D eigenvalue weighted by Crippen LogP contribution is 2.30. The number of aromatic nitrogens is 3. The molecule has 0 amide bonds. The van der Waals surface area contributed by atoms with E-state index >= 15 is 0 Å². The second-order valence-electron chi connectivity index (χ2n) is 6.58. The van der Waals surface area contributed by atoms with Gasteiger partial charge in [0.05, 0.1) is 23.3 Å². The Bertz CT molecular complexity index is 983. The molecule has 0 saturated heterocycles. The summed E-state index contributed by atoms with van der Waals surface area (Å²) in [5.41, 5.74) is 0.758. The summed E-state index contributed by atoms with van der Waals surface area (Å²) in [6, 6.07) is 5.51. The molecule has 150 valence electrons. The molecule has 3 aromatic rings. The molecule has 2 N–H and O–H groups in total. The summed E-state index contributed by atoms with van der Waals surface area (Å²) in [7, 11) is 0. The molecule has 0 aliphatic rings. The van der Waals surface area contributed by atoms with Crippen molar-refractivity contribution in [1.29, 1.82) is 0 Å². The van der Waals surface area contributed by atoms with Crippen LogP contribution in [0.3, 0.4) is 0 Å². The van der Waals surface area contributed by atoms with E-state index < -0.39 is 12.0 Å². The van der Waals surface area contributed by atoms with Crippen LogP contribution >= 0.6 is 0 Å². The molecular weight excluding hydrogens is 375 g/mol. The van der Waals surface area contributed by atoms with Crippen LogP contribution in [0.2, 0.25) is 0 Å². The second-order valence-corrected chi connectivity index (χ2v) is 6.58. The van der Waals surface area contributed by atoms with Crippen molar-refractivity contribution in [1.82, 2.24) is 15.0 Å². The standard InChI is InChI=1S/C19H20F3N3O3/c1-4-27-16-7-8-23-15(11(16)2)10-18(3,26)17-24-13-6-5-12(9-14(13)25-17)28-19(20,21)22/h5-9,26H,4,10H2,1-3H3,(H,24,25). The minimum Gasteiger partial charge on any atom is -0.493 e. The first-order valence-corrected chi connectivity index (χ1v) is 8.64. The molecule has 0 saturated carbocycles. The molecule has 0 aliphatic heterocycles. The Labute approximate surface area is 159 Å². The Kier molecular flexibility index (Phi) is 5.20. The molecule has 0 fully saturated rings. The Morgan fingerprint density at radius 3 is 2.64 bits per heavy atom. The SMILES string of the molecule is CCOc1ccnc(CC(C)(O)c2nc3ccc(OC(F)(F)F)cc3[nH]2)c1C. The van der Waals surface area contributed by atoms with Gasteiger partial charge in [0.1, 0.15) is 22.9 Å². The van der Waals surface area contributed by atoms with Crippen LogP contribution in [0.15, 0.2) is 30.5 Å². The van der Waals surface area contributed by atoms with Crippen molar-refractivity contribution in [2.24, 2.45) is 0 Å². The molecule has 6 nitrogen and oxygen atoms in total. The number of halogens is 3. The average Bonchev–Trinajstić information content (AvgIpc) is 3.01. The zero-order valence-electron chi connectivity index (χ0n) is 15.6. The number of hydrogen-bond donors (Lipinski definition) is 2. The number of nitrogens with zero attached hydrogens (tertiary/aromatic N) is 2. The highest BCUT2D eigenvalue weighted by molar-refractivity contribution is 5.77. The van der Waals surface area contributed by atoms with E-state index in [9.17, 15) is 18.3 Å². The molecule has 28 heavy (non-hydrogen) atoms. The Balaban J connectivity index is 1.89. The number of hydrogen-bond acceptors (Lipinski definition) is 5. The maximum absolute atomic E-state index is 12.4. The van der Waals surface area contributed by atoms with Crippen LogP contribution < -0.4 is 9.47 Å². The minimum atomic E-state index is -4.78. The van der Waals surface area contributed by atoms with Gasteiger partial charge in [0, 0.05) is 24.2 Å². The smallest absolute Gasteiger partial charge is 0.493 e. The number of H-pyrrole nitrogens is 1. The molecule has 0 aliphatic carbocycles. The molecule has 1 unspecified atom stereocenters. The van der Waals surface area contributed by atoms with Crippen molar-refractivity contribution in [3.63, 3.8) is 0 Å². The average molecular weight is 395 g/mol. The summed E-state index contributed by atoms with van der Waals surface area (Å²) in [6.45, 7) is 5.79. The first kappa shape index (κ1) is 19.9. The number of aromatic amines is 1. The van der Waals surface area contributed by atoms with Crippen LogP contribution in [0.5, 0.6) is 11.5 Å². The van der Waals surface area contributed by atoms with E-state index in [4.69, 9.17) is 4.74 Å². The molecule has 3 rings (SSSR count). The van der Waals surface area contributed by atoms with Crippen LogP contribution in [-0.2, 0) is 12.0 Å². The van der Waals surface area contributed by atoms with Crippen LogP contribution in [0.1, 0.15) is 30.9 Å². The van der Waals surface area contributed by atoms with Gasteiger partial charge in [-0.2, -0.15) is 0 Å². The van der Waals surface area contributed by atoms with E-state index in [2.05, 4.69) is 19.7 Å². The molecule has 0 spiro atoms. The summed E-state index contributed by atoms with van der Waals surface area (Å²) >= 11 is 0. The third-order valence-electron chi connectivity index (χ3n) is 4.27. The third kappa shape index (κ3) is 4.36. The lowest BCUT2D eigenvalue weighted by molar-refractivity contribution is -0.274. The first-order chi connectivity index (χ1) is 13.1. The van der Waals surface area contributed by atoms with Crippen molar-refractivity contribution >= 4 is 11.0 Å². The van der Waals surface area contributed by atoms with Gasteiger partial charge in [0.2, 0.25) is 0 Å². The summed E-state index contributed by atoms with van der Waals surface area (Å²) < 4.78 is 46.7. The van der Waals surface area contributed by atoms with Crippen LogP contribution in [0, 0.1) is 6.92 Å². The maximum atomic E-state index is 12.4. The zero-order valence-corrected chi connectivity index (χ0v) is 15.6. The highest BCUT2D eigenvalue weighted by atomic mass is 19.4. The lowest BCUT2D eigenvalue weighted by Gasteiger charge is -2.22. The number of imidazole rings is 1. The fraction of sp³-hybridized carbons (Fsp3) is 0.368. The van der Waals surface area contributed by atoms with E-state index in [-0.39, 0.29) is 18.0 Å². The molecular formula is C19H20F3N3O3. The number of fused-ring (bicyclic) bond motifs is 1. The number of benzene rings is 1. The fourth-order valence-electron chi connectivity index (χ4n) is 2.90. The summed E-state index contributed by atoms with van der Waals surface area (Å²) in [4.78, 5) is 11.5. The predicted molar refractivity (Wildman–Crippen MR) is 96.2 cm³/mol. The molecule has 2 aromatic heterocycles. The monoisotopic (exact) mass is 395 g/mol. The number of rotatable bonds is 6. The summed E-state index contributed by atoms with van der Waals surface area (Å²) in [5.74, 6) is 0.535. The predicted octanol–water partition coefficient (Wildman–Crippen LogP) is 4.01. The van der Waals surface area contributed by atoms with E-state index in [0.717, 1.165) is 5.56 Å². The molecule has 0 radical (unpaired) electrons. The number of nitrogens with one attached hydrogen (secondary N) is 1. The molecule has 0 bridgehead atoms. The van der Waals surface area contributed by atoms with Crippen molar-refractivity contribution in [3.05, 3.63) is 47.5 Å². The van der Waals surface area contributed by atoms with Crippen molar-refractivity contribution in [2.45, 2.75) is 39.2 Å². The quantitative estimate of drug-likeness (QED) is 0.659. The van der Waals surface area contributed by atoms with Gasteiger partial charge in [0.25, 0.3) is 0 Å². The Hall–Kier alpha value is -2.81. The minimum absolute atomic E-state index is 0.144. The molecule has 9 heteroatoms. The van der Waals surface area contributed by atoms with Gasteiger partial charge >= 0.3 is 6.36 Å². The lowest BCUT2D eigenvalue weighted by Crippen LogP contribution is -2.27. The van der Waals surface area contributed by atoms with Gasteiger partial charge in [0.15, 0.2) is 0 Å². The van der Waals surface area contributed by atoms with Crippen molar-refractivity contribution < 1.29 is 27.8 Å². The Morgan fingerprint density at radius 2 is 1.96 bits per heavy atom. The fourth-order valence-corrected chi connectivity index (χ4v) is 2.90. The largest absolute Gasteiger partial charge is 0.573 e. The zero-order chi connectivity index (χ0) is 20.5. The third-order valence-corrected chi connectivity index (χ3v) is 4.27. The van der Waals surface area contributed by atoms with E-state index in [1.54, 1.807) is 19.2 Å². The van der Waals surface area contributed by atoms with E-state index in [1.165, 1.54) is 18.2 Å². The number of alkyl halides is 3. The van der Waals surface area contributed by atoms with Gasteiger partial charge in [-0.3, -0.25) is 4.98 Å². The number of pyridine rings is 1. The molecule has 2 heterocycles. The molecule has 1 atom stereocenters. The summed E-state index contributed by atoms with van der Waals surface area (Å²) in [5, 5.41) is 11.0. The van der Waals surface area contributed by atoms with Gasteiger partial charge < -0.3 is 19.6 Å². The van der Waals surface area contributed by atoms with Crippen molar-refractivity contribution in [3.8, 4) is 11.5 Å². The topological polar surface area (TPSA) is 80.3 Å². The van der Waals surface area contributed by atoms with E-state index in [0.29, 0.717) is 29.1 Å². The van der Waals surface area contributed by atoms with Gasteiger partial charge in [-0.25, -0.2) is 4.98 Å². The number of aliphatic hydroxyl groups is 1. The summed E-state index contributed by atoms with van der Waals surface area (Å²) in [6.07, 6.45) is -3.04. The van der Waals surface area contributed by atoms with Crippen LogP contribution in [-0.4, -0.2) is 33.0 Å². The maximum Gasteiger partial charge on any atom is 0.573 e. The van der Waals surface area contributed by atoms with Gasteiger partial charge in [-0.1, -0.05) is 0 Å². The normalized spacial score (nSPS) is 14.1. The van der Waals surface area contributed by atoms with Gasteiger partial charge in [-0.15, -0.1) is 13.2 Å². The van der Waals surface area contributed by atoms with Crippen LogP contribution in [0.4, 0.5) is 13.2 Å². The van der Waals surface area contributed by atoms with Gasteiger partial charge in [-0.05, 0) is 39.0 Å². The highest BCUT2D eigenvalue weighted by Gasteiger charge is 2.32. The second kappa shape index (κ2) is 7.31. The lowest BCUT2D eigenvalue weighted by atomic mass is 9.96. The molecule has 1 aromatic carbocycles.